The summed E-state index contributed by atoms with van der Waals surface area (Å²) in [5.41, 5.74) is 0.850. The van der Waals surface area contributed by atoms with Crippen LogP contribution >= 0.6 is 0 Å². The maximum absolute atomic E-state index is 12.5. The third-order valence-electron chi connectivity index (χ3n) is 3.08. The molecule has 0 aliphatic heterocycles. The highest BCUT2D eigenvalue weighted by Crippen LogP contribution is 2.30. The van der Waals surface area contributed by atoms with Crippen molar-refractivity contribution in [2.45, 2.75) is 51.9 Å². The number of benzene rings is 1. The zero-order valence-corrected chi connectivity index (χ0v) is 14.7. The van der Waals surface area contributed by atoms with E-state index in [2.05, 4.69) is 25.5 Å². The summed E-state index contributed by atoms with van der Waals surface area (Å²) in [7, 11) is -3.57. The highest BCUT2D eigenvalue weighted by atomic mass is 32.2. The van der Waals surface area contributed by atoms with Gasteiger partial charge < -0.3 is 4.74 Å². The number of hydrogen-bond donors (Lipinski definition) is 1. The van der Waals surface area contributed by atoms with E-state index in [4.69, 9.17) is 4.74 Å². The van der Waals surface area contributed by atoms with Crippen LogP contribution in [-0.2, 0) is 15.4 Å². The Morgan fingerprint density at radius 2 is 1.86 bits per heavy atom. The summed E-state index contributed by atoms with van der Waals surface area (Å²) < 4.78 is 33.2. The lowest BCUT2D eigenvalue weighted by Crippen LogP contribution is -2.28. The Kier molecular flexibility index (Phi) is 5.82. The molecule has 1 N–H and O–H groups in total. The van der Waals surface area contributed by atoms with Crippen LogP contribution in [-0.4, -0.2) is 21.6 Å². The highest BCUT2D eigenvalue weighted by Gasteiger charge is 2.23. The Hall–Kier alpha value is -1.07. The van der Waals surface area contributed by atoms with E-state index in [1.165, 1.54) is 0 Å². The summed E-state index contributed by atoms with van der Waals surface area (Å²) in [5.74, 6) is 0.655. The first-order valence-electron chi connectivity index (χ1n) is 7.35. The van der Waals surface area contributed by atoms with E-state index >= 15 is 0 Å². The Balaban J connectivity index is 3.29. The van der Waals surface area contributed by atoms with Gasteiger partial charge in [-0.2, -0.15) is 0 Å². The van der Waals surface area contributed by atoms with E-state index < -0.39 is 10.0 Å². The molecule has 120 valence electrons. The van der Waals surface area contributed by atoms with Crippen molar-refractivity contribution >= 4 is 10.0 Å². The minimum atomic E-state index is -3.57. The Labute approximate surface area is 129 Å². The molecule has 0 heterocycles. The summed E-state index contributed by atoms with van der Waals surface area (Å²) in [6.07, 6.45) is 0. The van der Waals surface area contributed by atoms with Gasteiger partial charge in [-0.25, -0.2) is 13.1 Å². The number of hydrogen-bond acceptors (Lipinski definition) is 3. The molecular weight excluding hydrogens is 286 g/mol. The van der Waals surface area contributed by atoms with Crippen LogP contribution < -0.4 is 9.46 Å². The SMILES string of the molecule is CCOc1ccc(C(C)(C)C)cc1S(=O)(=O)NCC(C)C. The van der Waals surface area contributed by atoms with Crippen LogP contribution in [0.1, 0.15) is 47.1 Å². The van der Waals surface area contributed by atoms with Gasteiger partial charge in [-0.05, 0) is 36.0 Å². The molecule has 0 aromatic heterocycles. The molecule has 0 bridgehead atoms. The minimum Gasteiger partial charge on any atom is -0.492 e. The van der Waals surface area contributed by atoms with Crippen molar-refractivity contribution in [1.29, 1.82) is 0 Å². The second-order valence-corrected chi connectivity index (χ2v) is 8.33. The topological polar surface area (TPSA) is 55.4 Å². The molecule has 4 nitrogen and oxygen atoms in total. The van der Waals surface area contributed by atoms with Gasteiger partial charge in [-0.1, -0.05) is 40.7 Å². The molecule has 0 saturated carbocycles. The van der Waals surface area contributed by atoms with Crippen LogP contribution in [0.5, 0.6) is 5.75 Å². The van der Waals surface area contributed by atoms with Crippen molar-refractivity contribution < 1.29 is 13.2 Å². The van der Waals surface area contributed by atoms with Gasteiger partial charge in [-0.15, -0.1) is 0 Å². The van der Waals surface area contributed by atoms with E-state index in [9.17, 15) is 8.42 Å². The highest BCUT2D eigenvalue weighted by molar-refractivity contribution is 7.89. The van der Waals surface area contributed by atoms with Crippen LogP contribution in [0.2, 0.25) is 0 Å². The first-order chi connectivity index (χ1) is 9.58. The van der Waals surface area contributed by atoms with E-state index in [0.717, 1.165) is 5.56 Å². The van der Waals surface area contributed by atoms with Gasteiger partial charge in [-0.3, -0.25) is 0 Å². The molecule has 1 rings (SSSR count). The number of sulfonamides is 1. The fraction of sp³-hybridized carbons (Fsp3) is 0.625. The standard InChI is InChI=1S/C16H27NO3S/c1-7-20-14-9-8-13(16(4,5)6)10-15(14)21(18,19)17-11-12(2)3/h8-10,12,17H,7,11H2,1-6H3. The molecule has 0 fully saturated rings. The molecule has 5 heteroatoms. The van der Waals surface area contributed by atoms with Crippen molar-refractivity contribution in [2.75, 3.05) is 13.2 Å². The van der Waals surface area contributed by atoms with Gasteiger partial charge in [0, 0.05) is 6.54 Å². The molecule has 0 unspecified atom stereocenters. The van der Waals surface area contributed by atoms with Crippen molar-refractivity contribution in [3.05, 3.63) is 23.8 Å². The smallest absolute Gasteiger partial charge is 0.244 e. The Morgan fingerprint density at radius 3 is 2.33 bits per heavy atom. The molecule has 0 radical (unpaired) electrons. The Bertz CT molecular complexity index is 572. The van der Waals surface area contributed by atoms with E-state index in [0.29, 0.717) is 18.9 Å². The van der Waals surface area contributed by atoms with Gasteiger partial charge in [0.2, 0.25) is 10.0 Å². The van der Waals surface area contributed by atoms with E-state index in [1.807, 2.05) is 26.8 Å². The summed E-state index contributed by atoms with van der Waals surface area (Å²) >= 11 is 0. The maximum Gasteiger partial charge on any atom is 0.244 e. The molecule has 0 aliphatic carbocycles. The molecule has 1 aromatic rings. The monoisotopic (exact) mass is 313 g/mol. The van der Waals surface area contributed by atoms with Crippen molar-refractivity contribution in [1.82, 2.24) is 4.72 Å². The van der Waals surface area contributed by atoms with Gasteiger partial charge in [0.05, 0.1) is 6.61 Å². The third-order valence-corrected chi connectivity index (χ3v) is 4.53. The van der Waals surface area contributed by atoms with Gasteiger partial charge >= 0.3 is 0 Å². The maximum atomic E-state index is 12.5. The second kappa shape index (κ2) is 6.79. The van der Waals surface area contributed by atoms with Gasteiger partial charge in [0.15, 0.2) is 0 Å². The molecular formula is C16H27NO3S. The summed E-state index contributed by atoms with van der Waals surface area (Å²) in [4.78, 5) is 0.220. The number of nitrogens with one attached hydrogen (secondary N) is 1. The summed E-state index contributed by atoms with van der Waals surface area (Å²) in [6, 6.07) is 5.38. The lowest BCUT2D eigenvalue weighted by Gasteiger charge is -2.21. The van der Waals surface area contributed by atoms with Crippen LogP contribution in [0.25, 0.3) is 0 Å². The Morgan fingerprint density at radius 1 is 1.24 bits per heavy atom. The molecule has 0 atom stereocenters. The van der Waals surface area contributed by atoms with Crippen LogP contribution in [0.15, 0.2) is 23.1 Å². The quantitative estimate of drug-likeness (QED) is 0.876. The van der Waals surface area contributed by atoms with Crippen molar-refractivity contribution in [3.8, 4) is 5.75 Å². The van der Waals surface area contributed by atoms with E-state index in [-0.39, 0.29) is 16.2 Å². The lowest BCUT2D eigenvalue weighted by molar-refractivity contribution is 0.330. The first kappa shape index (κ1) is 18.0. The van der Waals surface area contributed by atoms with Crippen LogP contribution in [0.3, 0.4) is 0 Å². The van der Waals surface area contributed by atoms with Crippen molar-refractivity contribution in [3.63, 3.8) is 0 Å². The fourth-order valence-electron chi connectivity index (χ4n) is 1.81. The molecule has 0 amide bonds. The number of ether oxygens (including phenoxy) is 1. The molecule has 0 saturated heterocycles. The first-order valence-corrected chi connectivity index (χ1v) is 8.83. The summed E-state index contributed by atoms with van der Waals surface area (Å²) in [5, 5.41) is 0. The van der Waals surface area contributed by atoms with Crippen LogP contribution in [0, 0.1) is 5.92 Å². The normalized spacial score (nSPS) is 12.7. The average molecular weight is 313 g/mol. The average Bonchev–Trinajstić information content (AvgIpc) is 2.36. The van der Waals surface area contributed by atoms with Gasteiger partial charge in [0.1, 0.15) is 10.6 Å². The molecule has 1 aromatic carbocycles. The predicted octanol–water partition coefficient (Wildman–Crippen LogP) is 3.32. The number of rotatable bonds is 6. The largest absolute Gasteiger partial charge is 0.492 e. The molecule has 0 aliphatic rings. The molecule has 21 heavy (non-hydrogen) atoms. The zero-order valence-electron chi connectivity index (χ0n) is 13.9. The van der Waals surface area contributed by atoms with Crippen molar-refractivity contribution in [2.24, 2.45) is 5.92 Å². The zero-order chi connectivity index (χ0) is 16.3. The van der Waals surface area contributed by atoms with Crippen LogP contribution in [0.4, 0.5) is 0 Å². The van der Waals surface area contributed by atoms with Gasteiger partial charge in [0.25, 0.3) is 0 Å². The fourth-order valence-corrected chi connectivity index (χ4v) is 3.20. The summed E-state index contributed by atoms with van der Waals surface area (Å²) in [6.45, 7) is 12.8. The van der Waals surface area contributed by atoms with E-state index in [1.54, 1.807) is 12.1 Å². The third kappa shape index (κ3) is 5.00. The lowest BCUT2D eigenvalue weighted by atomic mass is 9.87. The second-order valence-electron chi connectivity index (χ2n) is 6.59. The molecule has 0 spiro atoms. The predicted molar refractivity (Wildman–Crippen MR) is 86.3 cm³/mol. The minimum absolute atomic E-state index is 0.118.